The van der Waals surface area contributed by atoms with Crippen molar-refractivity contribution >= 4 is 132 Å². The van der Waals surface area contributed by atoms with Crippen LogP contribution in [0.3, 0.4) is 0 Å². The van der Waals surface area contributed by atoms with Crippen LogP contribution in [-0.2, 0) is 0 Å². The number of pyridine rings is 2. The van der Waals surface area contributed by atoms with Crippen LogP contribution in [0.5, 0.6) is 0 Å². The normalized spacial score (nSPS) is 13.8. The van der Waals surface area contributed by atoms with Crippen LogP contribution < -0.4 is 31.1 Å². The summed E-state index contributed by atoms with van der Waals surface area (Å²) in [6.07, 6.45) is 1.86. The van der Waals surface area contributed by atoms with Crippen LogP contribution in [0.25, 0.3) is 244 Å². The number of rotatable bonds is 7. The van der Waals surface area contributed by atoms with Gasteiger partial charge in [0.15, 0.2) is 0 Å². The molecule has 0 spiro atoms. The van der Waals surface area contributed by atoms with Crippen molar-refractivity contribution in [3.63, 3.8) is 0 Å². The summed E-state index contributed by atoms with van der Waals surface area (Å²) in [5, 5.41) is 20.2. The molecule has 29 rings (SSSR count). The number of nitrogens with zero attached hydrogens (tertiary/aromatic N) is 6. The van der Waals surface area contributed by atoms with Crippen molar-refractivity contribution in [1.29, 1.82) is 0 Å². The highest BCUT2D eigenvalue weighted by Crippen LogP contribution is 2.54. The van der Waals surface area contributed by atoms with Gasteiger partial charge in [0.1, 0.15) is 35.9 Å². The quantitative estimate of drug-likeness (QED) is 0.118. The Hall–Kier alpha value is -15.6. The zero-order valence-electron chi connectivity index (χ0n) is 73.3. The molecule has 614 valence electrons. The number of hydrogen-bond donors (Lipinski definition) is 0. The lowest BCUT2D eigenvalue weighted by molar-refractivity contribution is 1.10. The van der Waals surface area contributed by atoms with E-state index in [1.165, 1.54) is 176 Å². The molecule has 6 nitrogen and oxygen atoms in total. The first kappa shape index (κ1) is 75.5. The fraction of sp³-hybridized carbons (Fsp3) is 0.0492. The summed E-state index contributed by atoms with van der Waals surface area (Å²) in [5.74, 6) is 1.92. The van der Waals surface area contributed by atoms with E-state index in [2.05, 4.69) is 442 Å². The molecule has 23 aromatic rings. The molecule has 0 atom stereocenters. The molecular formula is C122H84N6Si3. The molecule has 0 N–H and O–H groups in total. The average Bonchev–Trinajstić information content (AvgIpc) is 1.54. The van der Waals surface area contributed by atoms with E-state index in [-0.39, 0.29) is 0 Å². The maximum Gasteiger partial charge on any atom is 0.145 e. The maximum absolute atomic E-state index is 5.16. The first-order valence-corrected chi connectivity index (χ1v) is 54.7. The standard InChI is InChI=1S/2C43H30N2Si.C36H24N2Si/c1-46(2)40-25-29(21-24-33(40)37-26-36-32-14-7-6-13-31(32)34-15-10-16-35(41(34)36)42(37)46)27-19-22-30(23-20-27)45-39-18-9-8-17-38(39)44-43(45)28-11-4-3-5-12-28;1-46(2)40-25-29(23-24-33(40)37-26-36-32-14-7-6-13-31(32)34-15-10-16-35(41(34)36)42(37)46)27-19-21-28(22-20-27)43-44-38-17-8-9-18-39(38)45(43)30-11-4-3-5-12-30;1-39(2)32-19-23(31-17-15-22-13-12-21-7-6-18-37-34(21)35(22)38-31)14-16-26(32)30-20-29-25-9-4-3-8-24(25)27-10-5-11-28(33(27)29)36(30)39/h2*3-26H,1-2H3;3-20H,1-2H3. The Labute approximate surface area is 762 Å². The van der Waals surface area contributed by atoms with E-state index in [1.807, 2.05) is 12.3 Å². The molecule has 6 aliphatic rings. The maximum atomic E-state index is 5.16. The van der Waals surface area contributed by atoms with Gasteiger partial charge in [0.25, 0.3) is 0 Å². The number of aromatic nitrogens is 6. The smallest absolute Gasteiger partial charge is 0.145 e. The van der Waals surface area contributed by atoms with Crippen molar-refractivity contribution in [3.8, 4) is 168 Å². The van der Waals surface area contributed by atoms with Gasteiger partial charge in [-0.25, -0.2) is 15.0 Å². The fourth-order valence-electron chi connectivity index (χ4n) is 23.7. The molecular weight excluding hydrogens is 1630 g/mol. The molecule has 3 aliphatic carbocycles. The SMILES string of the molecule is C[Si]1(C)c2cc(-c3ccc(-c4nc5ccccc5n4-c4ccccc4)cc3)ccc2-c2cc3c4c(cccc4c21)-c1ccccc1-3.C[Si]1(C)c2cc(-c3ccc(-n4c(-c5ccccc5)nc5ccccc54)cc3)ccc2-c2cc3c4c(cccc4c21)-c1ccccc1-3.C[Si]1(C)c2cc(-c3ccc4ccc5cccnc5c4n3)ccc2-c2cc3c4c(cccc4c21)-c1ccccc1-3. The predicted octanol–water partition coefficient (Wildman–Crippen LogP) is 28.0. The van der Waals surface area contributed by atoms with Crippen molar-refractivity contribution in [1.82, 2.24) is 29.1 Å². The van der Waals surface area contributed by atoms with Crippen molar-refractivity contribution < 1.29 is 0 Å². The minimum Gasteiger partial charge on any atom is -0.292 e. The van der Waals surface area contributed by atoms with Crippen LogP contribution in [0.15, 0.2) is 401 Å². The van der Waals surface area contributed by atoms with E-state index >= 15 is 0 Å². The van der Waals surface area contributed by atoms with Gasteiger partial charge in [-0.05, 0) is 265 Å². The highest BCUT2D eigenvalue weighted by atomic mass is 28.3. The monoisotopic (exact) mass is 1720 g/mol. The molecule has 7 heterocycles. The predicted molar refractivity (Wildman–Crippen MR) is 559 cm³/mol. The van der Waals surface area contributed by atoms with Crippen molar-refractivity contribution in [2.75, 3.05) is 0 Å². The number of imidazole rings is 2. The molecule has 0 amide bonds. The second-order valence-electron chi connectivity index (χ2n) is 37.8. The Morgan fingerprint density at radius 1 is 0.214 bits per heavy atom. The number of hydrogen-bond acceptors (Lipinski definition) is 4. The molecule has 0 bridgehead atoms. The lowest BCUT2D eigenvalue weighted by Gasteiger charge is -2.22. The summed E-state index contributed by atoms with van der Waals surface area (Å²) in [6, 6.07) is 145. The van der Waals surface area contributed by atoms with Crippen LogP contribution in [-0.4, -0.2) is 53.3 Å². The highest BCUT2D eigenvalue weighted by Gasteiger charge is 2.45. The minimum atomic E-state index is -1.97. The lowest BCUT2D eigenvalue weighted by Crippen LogP contribution is -2.49. The molecule has 131 heavy (non-hydrogen) atoms. The highest BCUT2D eigenvalue weighted by molar-refractivity contribution is 7.06. The first-order chi connectivity index (χ1) is 64.2. The van der Waals surface area contributed by atoms with Gasteiger partial charge in [0, 0.05) is 45.0 Å². The van der Waals surface area contributed by atoms with Crippen LogP contribution in [0.2, 0.25) is 39.3 Å². The fourth-order valence-corrected chi connectivity index (χ4v) is 34.0. The van der Waals surface area contributed by atoms with Gasteiger partial charge in [0.05, 0.1) is 38.8 Å². The molecule has 3 aliphatic heterocycles. The van der Waals surface area contributed by atoms with Gasteiger partial charge in [-0.3, -0.25) is 14.1 Å². The van der Waals surface area contributed by atoms with Crippen LogP contribution >= 0.6 is 0 Å². The minimum absolute atomic E-state index is 0.960. The van der Waals surface area contributed by atoms with Crippen molar-refractivity contribution in [2.24, 2.45) is 0 Å². The molecule has 0 saturated carbocycles. The molecule has 19 aromatic carbocycles. The third-order valence-corrected chi connectivity index (χ3v) is 40.3. The van der Waals surface area contributed by atoms with E-state index in [9.17, 15) is 0 Å². The Kier molecular flexibility index (Phi) is 16.2. The van der Waals surface area contributed by atoms with E-state index in [0.717, 1.165) is 83.7 Å². The van der Waals surface area contributed by atoms with Gasteiger partial charge in [-0.15, -0.1) is 0 Å². The number of para-hydroxylation sites is 5. The molecule has 4 aromatic heterocycles. The second-order valence-corrected chi connectivity index (χ2v) is 50.6. The van der Waals surface area contributed by atoms with Gasteiger partial charge in [0.2, 0.25) is 0 Å². The van der Waals surface area contributed by atoms with E-state index in [0.29, 0.717) is 0 Å². The lowest BCUT2D eigenvalue weighted by atomic mass is 9.95. The second kappa shape index (κ2) is 28.2. The van der Waals surface area contributed by atoms with Gasteiger partial charge < -0.3 is 0 Å². The zero-order valence-corrected chi connectivity index (χ0v) is 76.3. The van der Waals surface area contributed by atoms with Crippen molar-refractivity contribution in [3.05, 3.63) is 401 Å². The van der Waals surface area contributed by atoms with Crippen molar-refractivity contribution in [2.45, 2.75) is 39.3 Å². The summed E-state index contributed by atoms with van der Waals surface area (Å²) in [4.78, 5) is 19.9. The van der Waals surface area contributed by atoms with E-state index in [4.69, 9.17) is 15.0 Å². The molecule has 9 heteroatoms. The molecule has 0 unspecified atom stereocenters. The van der Waals surface area contributed by atoms with Gasteiger partial charge >= 0.3 is 0 Å². The van der Waals surface area contributed by atoms with Crippen LogP contribution in [0.4, 0.5) is 0 Å². The largest absolute Gasteiger partial charge is 0.292 e. The van der Waals surface area contributed by atoms with Gasteiger partial charge in [-0.1, -0.05) is 355 Å². The number of benzene rings is 19. The third-order valence-electron chi connectivity index (χ3n) is 29.7. The summed E-state index contributed by atoms with van der Waals surface area (Å²) in [6.45, 7) is 15.2. The van der Waals surface area contributed by atoms with Crippen LogP contribution in [0, 0.1) is 0 Å². The summed E-state index contributed by atoms with van der Waals surface area (Å²) in [7, 11) is -5.92. The summed E-state index contributed by atoms with van der Waals surface area (Å²) in [5.41, 5.74) is 42.8. The van der Waals surface area contributed by atoms with Gasteiger partial charge in [-0.2, -0.15) is 0 Å². The first-order valence-electron chi connectivity index (χ1n) is 45.7. The van der Waals surface area contributed by atoms with E-state index < -0.39 is 24.2 Å². The molecule has 0 saturated heterocycles. The third kappa shape index (κ3) is 11.1. The van der Waals surface area contributed by atoms with E-state index in [1.54, 1.807) is 15.6 Å². The Balaban J connectivity index is 0.000000101. The Morgan fingerprint density at radius 2 is 0.557 bits per heavy atom. The summed E-state index contributed by atoms with van der Waals surface area (Å²) < 4.78 is 4.55. The summed E-state index contributed by atoms with van der Waals surface area (Å²) >= 11 is 0. The Bertz CT molecular complexity index is 8920. The average molecular weight is 1720 g/mol. The van der Waals surface area contributed by atoms with Crippen LogP contribution in [0.1, 0.15) is 0 Å². The number of fused-ring (bicyclic) bond motifs is 26. The zero-order chi connectivity index (χ0) is 87.0. The topological polar surface area (TPSA) is 61.4 Å². The Morgan fingerprint density at radius 3 is 1.02 bits per heavy atom. The molecule has 0 fully saturated rings. The molecule has 0 radical (unpaired) electrons.